The third kappa shape index (κ3) is 3.96. The summed E-state index contributed by atoms with van der Waals surface area (Å²) in [7, 11) is 0. The summed E-state index contributed by atoms with van der Waals surface area (Å²) in [6, 6.07) is 21.9. The van der Waals surface area contributed by atoms with Crippen LogP contribution in [0.2, 0.25) is 0 Å². The van der Waals surface area contributed by atoms with E-state index in [4.69, 9.17) is 9.97 Å². The van der Waals surface area contributed by atoms with E-state index < -0.39 is 0 Å². The van der Waals surface area contributed by atoms with Crippen LogP contribution in [0.25, 0.3) is 33.4 Å². The van der Waals surface area contributed by atoms with Gasteiger partial charge in [-0.25, -0.2) is 19.3 Å². The molecule has 0 atom stereocenters. The van der Waals surface area contributed by atoms with Crippen molar-refractivity contribution in [3.05, 3.63) is 96.7 Å². The molecule has 0 spiro atoms. The molecule has 2 aromatic carbocycles. The number of benzene rings is 2. The van der Waals surface area contributed by atoms with Crippen molar-refractivity contribution in [3.8, 4) is 22.5 Å². The van der Waals surface area contributed by atoms with E-state index >= 15 is 0 Å². The summed E-state index contributed by atoms with van der Waals surface area (Å²) in [5.74, 6) is 1.65. The number of aryl methyl sites for hydroxylation is 1. The molecule has 5 rings (SSSR count). The van der Waals surface area contributed by atoms with Crippen LogP contribution in [-0.4, -0.2) is 19.9 Å². The summed E-state index contributed by atoms with van der Waals surface area (Å²) >= 11 is 0. The van der Waals surface area contributed by atoms with E-state index in [1.54, 1.807) is 24.5 Å². The van der Waals surface area contributed by atoms with Crippen LogP contribution < -0.4 is 5.32 Å². The number of anilines is 2. The maximum atomic E-state index is 13.4. The van der Waals surface area contributed by atoms with E-state index in [-0.39, 0.29) is 5.82 Å². The second-order valence-electron chi connectivity index (χ2n) is 7.17. The van der Waals surface area contributed by atoms with Gasteiger partial charge in [0.1, 0.15) is 17.5 Å². The Kier molecular flexibility index (Phi) is 4.80. The lowest BCUT2D eigenvalue weighted by Gasteiger charge is -2.12. The molecule has 0 unspecified atom stereocenters. The Labute approximate surface area is 178 Å². The lowest BCUT2D eigenvalue weighted by atomic mass is 10.0. The topological polar surface area (TPSA) is 63.6 Å². The smallest absolute Gasteiger partial charge is 0.163 e. The number of hydrogen-bond acceptors (Lipinski definition) is 5. The van der Waals surface area contributed by atoms with Crippen molar-refractivity contribution in [2.24, 2.45) is 0 Å². The van der Waals surface area contributed by atoms with Crippen LogP contribution in [0.5, 0.6) is 0 Å². The van der Waals surface area contributed by atoms with Gasteiger partial charge in [-0.3, -0.25) is 4.98 Å². The van der Waals surface area contributed by atoms with Gasteiger partial charge in [0, 0.05) is 29.0 Å². The fourth-order valence-corrected chi connectivity index (χ4v) is 3.40. The quantitative estimate of drug-likeness (QED) is 0.399. The van der Waals surface area contributed by atoms with Gasteiger partial charge in [0.2, 0.25) is 0 Å². The van der Waals surface area contributed by atoms with Gasteiger partial charge >= 0.3 is 0 Å². The van der Waals surface area contributed by atoms with Crippen LogP contribution >= 0.6 is 0 Å². The number of rotatable bonds is 4. The standard InChI is InChI=1S/C25H18FN5/c1-16-4-2-6-23(28-16)30-25-21-14-18(17-7-10-20(26)11-8-17)9-12-22(21)29-24(31-25)19-5-3-13-27-15-19/h2-15H,1H3,(H,28,29,30,31). The molecule has 0 saturated heterocycles. The fourth-order valence-electron chi connectivity index (χ4n) is 3.40. The molecule has 0 aliphatic carbocycles. The highest BCUT2D eigenvalue weighted by atomic mass is 19.1. The SMILES string of the molecule is Cc1cccc(Nc2nc(-c3cccnc3)nc3ccc(-c4ccc(F)cc4)cc23)n1. The molecule has 0 bridgehead atoms. The number of nitrogens with one attached hydrogen (secondary N) is 1. The minimum Gasteiger partial charge on any atom is -0.324 e. The monoisotopic (exact) mass is 407 g/mol. The van der Waals surface area contributed by atoms with Gasteiger partial charge in [0.15, 0.2) is 5.82 Å². The number of aromatic nitrogens is 4. The maximum Gasteiger partial charge on any atom is 0.163 e. The summed E-state index contributed by atoms with van der Waals surface area (Å²) in [5.41, 5.74) is 4.38. The van der Waals surface area contributed by atoms with Crippen molar-refractivity contribution in [2.75, 3.05) is 5.32 Å². The predicted octanol–water partition coefficient (Wildman–Crippen LogP) is 5.94. The molecule has 0 saturated carbocycles. The Morgan fingerprint density at radius 2 is 1.61 bits per heavy atom. The fraction of sp³-hybridized carbons (Fsp3) is 0.0400. The number of nitrogens with zero attached hydrogens (tertiary/aromatic N) is 4. The Hall–Kier alpha value is -4.19. The molecule has 3 heterocycles. The van der Waals surface area contributed by atoms with Gasteiger partial charge in [0.25, 0.3) is 0 Å². The van der Waals surface area contributed by atoms with Crippen molar-refractivity contribution in [3.63, 3.8) is 0 Å². The average molecular weight is 407 g/mol. The molecule has 0 amide bonds. The Balaban J connectivity index is 1.68. The summed E-state index contributed by atoms with van der Waals surface area (Å²) in [5, 5.41) is 4.19. The van der Waals surface area contributed by atoms with E-state index in [1.165, 1.54) is 12.1 Å². The van der Waals surface area contributed by atoms with Crippen molar-refractivity contribution < 1.29 is 4.39 Å². The summed E-state index contributed by atoms with van der Waals surface area (Å²) < 4.78 is 13.4. The molecule has 1 N–H and O–H groups in total. The van der Waals surface area contributed by atoms with Crippen molar-refractivity contribution in [1.29, 1.82) is 0 Å². The van der Waals surface area contributed by atoms with Crippen LogP contribution in [-0.2, 0) is 0 Å². The minimum absolute atomic E-state index is 0.262. The second kappa shape index (κ2) is 7.91. The van der Waals surface area contributed by atoms with Gasteiger partial charge in [-0.05, 0) is 66.6 Å². The number of hydrogen-bond donors (Lipinski definition) is 1. The van der Waals surface area contributed by atoms with Crippen LogP contribution in [0.1, 0.15) is 5.69 Å². The first-order valence-electron chi connectivity index (χ1n) is 9.84. The minimum atomic E-state index is -0.262. The van der Waals surface area contributed by atoms with Crippen LogP contribution in [0.3, 0.4) is 0 Å². The van der Waals surface area contributed by atoms with Crippen molar-refractivity contribution in [2.45, 2.75) is 6.92 Å². The molecule has 31 heavy (non-hydrogen) atoms. The van der Waals surface area contributed by atoms with E-state index in [1.807, 2.05) is 55.5 Å². The molecular formula is C25H18FN5. The summed E-state index contributed by atoms with van der Waals surface area (Å²) in [4.78, 5) is 18.3. The predicted molar refractivity (Wildman–Crippen MR) is 120 cm³/mol. The molecule has 0 aliphatic heterocycles. The zero-order chi connectivity index (χ0) is 21.2. The summed E-state index contributed by atoms with van der Waals surface area (Å²) in [6.45, 7) is 1.94. The van der Waals surface area contributed by atoms with Gasteiger partial charge in [-0.1, -0.05) is 24.3 Å². The highest BCUT2D eigenvalue weighted by Gasteiger charge is 2.12. The van der Waals surface area contributed by atoms with Crippen molar-refractivity contribution >= 4 is 22.5 Å². The van der Waals surface area contributed by atoms with Gasteiger partial charge in [-0.15, -0.1) is 0 Å². The average Bonchev–Trinajstić information content (AvgIpc) is 2.80. The van der Waals surface area contributed by atoms with E-state index in [0.717, 1.165) is 33.3 Å². The molecule has 0 radical (unpaired) electrons. The first kappa shape index (κ1) is 18.8. The number of fused-ring (bicyclic) bond motifs is 1. The molecule has 3 aromatic heterocycles. The lowest BCUT2D eigenvalue weighted by Crippen LogP contribution is -2.01. The highest BCUT2D eigenvalue weighted by Crippen LogP contribution is 2.31. The molecule has 5 nitrogen and oxygen atoms in total. The number of halogens is 1. The first-order valence-corrected chi connectivity index (χ1v) is 9.84. The highest BCUT2D eigenvalue weighted by molar-refractivity contribution is 5.95. The van der Waals surface area contributed by atoms with Crippen molar-refractivity contribution in [1.82, 2.24) is 19.9 Å². The number of pyridine rings is 2. The second-order valence-corrected chi connectivity index (χ2v) is 7.17. The maximum absolute atomic E-state index is 13.4. The van der Waals surface area contributed by atoms with Crippen LogP contribution in [0.15, 0.2) is 85.2 Å². The van der Waals surface area contributed by atoms with Gasteiger partial charge in [0.05, 0.1) is 5.52 Å². The van der Waals surface area contributed by atoms with Gasteiger partial charge < -0.3 is 5.32 Å². The molecule has 5 aromatic rings. The third-order valence-electron chi connectivity index (χ3n) is 4.93. The third-order valence-corrected chi connectivity index (χ3v) is 4.93. The lowest BCUT2D eigenvalue weighted by molar-refractivity contribution is 0.628. The molecule has 6 heteroatoms. The Bertz CT molecular complexity index is 1370. The Morgan fingerprint density at radius 3 is 2.39 bits per heavy atom. The van der Waals surface area contributed by atoms with Gasteiger partial charge in [-0.2, -0.15) is 0 Å². The summed E-state index contributed by atoms with van der Waals surface area (Å²) in [6.07, 6.45) is 3.46. The molecular weight excluding hydrogens is 389 g/mol. The molecule has 0 fully saturated rings. The Morgan fingerprint density at radius 1 is 0.774 bits per heavy atom. The first-order chi connectivity index (χ1) is 15.2. The van der Waals surface area contributed by atoms with E-state index in [0.29, 0.717) is 17.5 Å². The largest absolute Gasteiger partial charge is 0.324 e. The van der Waals surface area contributed by atoms with E-state index in [2.05, 4.69) is 15.3 Å². The normalized spacial score (nSPS) is 10.9. The molecule has 0 aliphatic rings. The molecule has 150 valence electrons. The zero-order valence-electron chi connectivity index (χ0n) is 16.7. The zero-order valence-corrected chi connectivity index (χ0v) is 16.7. The van der Waals surface area contributed by atoms with E-state index in [9.17, 15) is 4.39 Å². The van der Waals surface area contributed by atoms with Crippen LogP contribution in [0, 0.1) is 12.7 Å². The van der Waals surface area contributed by atoms with Crippen LogP contribution in [0.4, 0.5) is 16.0 Å².